The Kier molecular flexibility index (Phi) is 29.5. The predicted octanol–water partition coefficient (Wildman–Crippen LogP) is -1.42. The highest BCUT2D eigenvalue weighted by Crippen LogP contribution is 2.12. The molecule has 24 nitrogen and oxygen atoms in total. The lowest BCUT2D eigenvalue weighted by molar-refractivity contribution is -0.143. The second-order valence-electron chi connectivity index (χ2n) is 19.6. The molecule has 77 heavy (non-hydrogen) atoms. The lowest BCUT2D eigenvalue weighted by Crippen LogP contribution is -2.63. The first-order valence-corrected chi connectivity index (χ1v) is 26.9. The van der Waals surface area contributed by atoms with Crippen molar-refractivity contribution in [1.29, 1.82) is 0 Å². The van der Waals surface area contributed by atoms with E-state index in [0.717, 1.165) is 13.8 Å². The highest BCUT2D eigenvalue weighted by atomic mass is 32.2. The molecule has 2 aromatic carbocycles. The first-order chi connectivity index (χ1) is 36.3. The Morgan fingerprint density at radius 3 is 1.34 bits per heavy atom. The van der Waals surface area contributed by atoms with E-state index in [0.29, 0.717) is 29.7 Å². The molecule has 428 valence electrons. The van der Waals surface area contributed by atoms with Crippen LogP contribution in [0, 0.1) is 11.8 Å². The SMILES string of the molecule is CSCCC(NC(=O)C(NC(=O)C(NC(=O)C(NC(=O)C(CCCCN)NC(=O)C(CC(=O)O)NC(=O)C(Cc1ccccc1)NC(=O)C(Cc1ccccc1)NC(=O)C(N)CC(C)C)C(C)O)C(C)O)C(C)C)C(=O)O. The van der Waals surface area contributed by atoms with Crippen LogP contribution < -0.4 is 54.0 Å². The zero-order valence-corrected chi connectivity index (χ0v) is 45.6. The Hall–Kier alpha value is -6.67. The summed E-state index contributed by atoms with van der Waals surface area (Å²) in [4.78, 5) is 135. The van der Waals surface area contributed by atoms with Gasteiger partial charge in [-0.3, -0.25) is 43.2 Å². The van der Waals surface area contributed by atoms with Crippen molar-refractivity contribution in [3.63, 3.8) is 0 Å². The maximum absolute atomic E-state index is 14.3. The Morgan fingerprint density at radius 1 is 0.506 bits per heavy atom. The van der Waals surface area contributed by atoms with Crippen LogP contribution in [-0.2, 0) is 60.8 Å². The third kappa shape index (κ3) is 24.0. The minimum Gasteiger partial charge on any atom is -0.481 e. The fourth-order valence-electron chi connectivity index (χ4n) is 7.81. The predicted molar refractivity (Wildman–Crippen MR) is 287 cm³/mol. The molecule has 16 N–H and O–H groups in total. The minimum atomic E-state index is -1.88. The number of unbranched alkanes of at least 4 members (excludes halogenated alkanes) is 1. The van der Waals surface area contributed by atoms with Gasteiger partial charge in [-0.15, -0.1) is 0 Å². The van der Waals surface area contributed by atoms with Gasteiger partial charge in [0.05, 0.1) is 24.7 Å². The quantitative estimate of drug-likeness (QED) is 0.0352. The Labute approximate surface area is 453 Å². The molecule has 0 aliphatic rings. The molecule has 2 aromatic rings. The fraction of sp³-hybridized carbons (Fsp3) is 0.577. The number of carboxylic acids is 2. The number of aliphatic carboxylic acids is 2. The summed E-state index contributed by atoms with van der Waals surface area (Å²) in [5.41, 5.74) is 13.1. The van der Waals surface area contributed by atoms with Gasteiger partial charge in [0.15, 0.2) is 0 Å². The number of rotatable bonds is 35. The van der Waals surface area contributed by atoms with Gasteiger partial charge in [-0.05, 0) is 87.5 Å². The summed E-state index contributed by atoms with van der Waals surface area (Å²) in [6, 6.07) is 3.81. The molecule has 0 fully saturated rings. The van der Waals surface area contributed by atoms with Crippen molar-refractivity contribution < 1.29 is 68.4 Å². The van der Waals surface area contributed by atoms with Gasteiger partial charge in [-0.2, -0.15) is 11.8 Å². The molecule has 25 heteroatoms. The number of hydrogen-bond acceptors (Lipinski definition) is 15. The van der Waals surface area contributed by atoms with Gasteiger partial charge in [-0.25, -0.2) is 4.79 Å². The van der Waals surface area contributed by atoms with Crippen molar-refractivity contribution in [3.8, 4) is 0 Å². The molecule has 11 unspecified atom stereocenters. The molecule has 0 spiro atoms. The summed E-state index contributed by atoms with van der Waals surface area (Å²) in [5.74, 6) is -10.7. The number of carboxylic acid groups (broad SMARTS) is 2. The third-order valence-electron chi connectivity index (χ3n) is 12.1. The van der Waals surface area contributed by atoms with Crippen LogP contribution in [-0.4, -0.2) is 165 Å². The molecule has 0 aromatic heterocycles. The molecule has 0 saturated heterocycles. The van der Waals surface area contributed by atoms with Crippen LogP contribution in [0.4, 0.5) is 0 Å². The van der Waals surface area contributed by atoms with E-state index in [2.05, 4.69) is 42.5 Å². The lowest BCUT2D eigenvalue weighted by Gasteiger charge is -2.30. The first-order valence-electron chi connectivity index (χ1n) is 25.6. The average molecular weight is 1100 g/mol. The number of thioether (sulfide) groups is 1. The molecule has 0 saturated carbocycles. The van der Waals surface area contributed by atoms with Crippen molar-refractivity contribution in [2.24, 2.45) is 23.3 Å². The van der Waals surface area contributed by atoms with Crippen LogP contribution in [0.2, 0.25) is 0 Å². The molecule has 11 atom stereocenters. The van der Waals surface area contributed by atoms with Gasteiger partial charge in [0.25, 0.3) is 0 Å². The third-order valence-corrected chi connectivity index (χ3v) is 12.7. The molecular weight excluding hydrogens is 1020 g/mol. The second kappa shape index (κ2) is 34.2. The van der Waals surface area contributed by atoms with Crippen molar-refractivity contribution in [2.45, 2.75) is 159 Å². The number of benzene rings is 2. The van der Waals surface area contributed by atoms with Gasteiger partial charge in [0.2, 0.25) is 47.3 Å². The molecule has 0 heterocycles. The van der Waals surface area contributed by atoms with E-state index in [1.54, 1.807) is 80.8 Å². The van der Waals surface area contributed by atoms with E-state index in [1.807, 2.05) is 13.8 Å². The van der Waals surface area contributed by atoms with E-state index >= 15 is 0 Å². The summed E-state index contributed by atoms with van der Waals surface area (Å²) < 4.78 is 0. The zero-order chi connectivity index (χ0) is 57.9. The molecule has 0 aliphatic carbocycles. The number of aliphatic hydroxyl groups is 2. The van der Waals surface area contributed by atoms with Gasteiger partial charge in [-0.1, -0.05) is 88.4 Å². The highest BCUT2D eigenvalue weighted by Gasteiger charge is 2.38. The van der Waals surface area contributed by atoms with E-state index < -0.39 is 138 Å². The monoisotopic (exact) mass is 1100 g/mol. The number of nitrogens with one attached hydrogen (secondary N) is 8. The fourth-order valence-corrected chi connectivity index (χ4v) is 8.29. The van der Waals surface area contributed by atoms with Crippen LogP contribution in [0.25, 0.3) is 0 Å². The van der Waals surface area contributed by atoms with Crippen LogP contribution >= 0.6 is 11.8 Å². The van der Waals surface area contributed by atoms with Crippen molar-refractivity contribution >= 4 is 71.0 Å². The largest absolute Gasteiger partial charge is 0.481 e. The van der Waals surface area contributed by atoms with Crippen LogP contribution in [0.15, 0.2) is 60.7 Å². The molecule has 0 aliphatic heterocycles. The highest BCUT2D eigenvalue weighted by molar-refractivity contribution is 7.98. The summed E-state index contributed by atoms with van der Waals surface area (Å²) in [7, 11) is 0. The Morgan fingerprint density at radius 2 is 0.909 bits per heavy atom. The molecular formula is C52H80N10O14S. The molecule has 0 radical (unpaired) electrons. The smallest absolute Gasteiger partial charge is 0.326 e. The van der Waals surface area contributed by atoms with E-state index in [1.165, 1.54) is 11.8 Å². The van der Waals surface area contributed by atoms with Crippen LogP contribution in [0.1, 0.15) is 91.2 Å². The molecule has 2 rings (SSSR count). The van der Waals surface area contributed by atoms with Gasteiger partial charge < -0.3 is 74.4 Å². The van der Waals surface area contributed by atoms with Crippen molar-refractivity contribution in [1.82, 2.24) is 42.5 Å². The number of amides is 8. The maximum Gasteiger partial charge on any atom is 0.326 e. The number of carbonyl (C=O) groups excluding carboxylic acids is 8. The zero-order valence-electron chi connectivity index (χ0n) is 44.8. The number of aliphatic hydroxyl groups excluding tert-OH is 2. The maximum atomic E-state index is 14.3. The van der Waals surface area contributed by atoms with Crippen LogP contribution in [0.3, 0.4) is 0 Å². The van der Waals surface area contributed by atoms with E-state index in [9.17, 15) is 68.4 Å². The van der Waals surface area contributed by atoms with Gasteiger partial charge >= 0.3 is 11.9 Å². The molecule has 8 amide bonds. The van der Waals surface area contributed by atoms with E-state index in [-0.39, 0.29) is 44.6 Å². The summed E-state index contributed by atoms with van der Waals surface area (Å²) >= 11 is 1.36. The summed E-state index contributed by atoms with van der Waals surface area (Å²) in [6.07, 6.45) is -1.96. The van der Waals surface area contributed by atoms with E-state index in [4.69, 9.17) is 11.5 Å². The van der Waals surface area contributed by atoms with Crippen LogP contribution in [0.5, 0.6) is 0 Å². The topological polar surface area (TPSA) is 400 Å². The number of nitrogens with two attached hydrogens (primary N) is 2. The molecule has 0 bridgehead atoms. The summed E-state index contributed by atoms with van der Waals surface area (Å²) in [5, 5.41) is 60.6. The normalized spacial score (nSPS) is 15.5. The number of carbonyl (C=O) groups is 10. The standard InChI is InChI=1S/C52H80N10O14S/c1-28(2)24-34(54)44(67)57-37(25-32-16-10-8-11-17-32)46(69)58-38(26-33-18-12-9-13-19-33)47(70)59-39(27-40(65)66)48(71)55-35(20-14-15-22-53)45(68)61-42(30(5)63)51(74)62-43(31(6)64)50(73)60-41(29(3)4)49(72)56-36(52(75)76)21-23-77-7/h8-13,16-19,28-31,34-39,41-43,63-64H,14-15,20-27,53-54H2,1-7H3,(H,55,71)(H,56,72)(H,57,67)(H,58,69)(H,59,70)(H,60,73)(H,61,68)(H,62,74)(H,65,66)(H,75,76). The average Bonchev–Trinajstić information content (AvgIpc) is 3.36. The number of hydrogen-bond donors (Lipinski definition) is 14. The Balaban J connectivity index is 2.43. The van der Waals surface area contributed by atoms with Gasteiger partial charge in [0, 0.05) is 12.8 Å². The van der Waals surface area contributed by atoms with Gasteiger partial charge in [0.1, 0.15) is 48.3 Å². The van der Waals surface area contributed by atoms with Crippen molar-refractivity contribution in [2.75, 3.05) is 18.6 Å². The summed E-state index contributed by atoms with van der Waals surface area (Å²) in [6.45, 7) is 9.34. The lowest BCUT2D eigenvalue weighted by atomic mass is 10.0. The minimum absolute atomic E-state index is 0.00625. The second-order valence-corrected chi connectivity index (χ2v) is 20.6. The first kappa shape index (κ1) is 66.4. The Bertz CT molecular complexity index is 2260. The van der Waals surface area contributed by atoms with Crippen molar-refractivity contribution in [3.05, 3.63) is 71.8 Å².